The van der Waals surface area contributed by atoms with E-state index >= 15 is 0 Å². The number of aliphatic hydroxyl groups excluding tert-OH is 1. The Bertz CT molecular complexity index is 1030. The minimum absolute atomic E-state index is 0.222. The van der Waals surface area contributed by atoms with Gasteiger partial charge < -0.3 is 24.4 Å². The van der Waals surface area contributed by atoms with Crippen molar-refractivity contribution in [2.24, 2.45) is 0 Å². The van der Waals surface area contributed by atoms with E-state index in [1.165, 1.54) is 0 Å². The maximum Gasteiger partial charge on any atom is 0.252 e. The number of rotatable bonds is 6. The minimum atomic E-state index is -0.633. The highest BCUT2D eigenvalue weighted by atomic mass is 16.5. The lowest BCUT2D eigenvalue weighted by atomic mass is 10.0. The third-order valence-corrected chi connectivity index (χ3v) is 4.73. The first-order valence-electron chi connectivity index (χ1n) is 9.22. The predicted molar refractivity (Wildman–Crippen MR) is 103 cm³/mol. The molecule has 8 nitrogen and oxygen atoms in total. The molecule has 0 aliphatic carbocycles. The van der Waals surface area contributed by atoms with Gasteiger partial charge in [-0.15, -0.1) is 0 Å². The van der Waals surface area contributed by atoms with Gasteiger partial charge in [0.25, 0.3) is 11.8 Å². The number of ether oxygens (including phenoxy) is 2. The number of hydrogen-bond donors (Lipinski definition) is 2. The molecule has 0 radical (unpaired) electrons. The Morgan fingerprint density at radius 3 is 3.00 bits per heavy atom. The van der Waals surface area contributed by atoms with Gasteiger partial charge >= 0.3 is 0 Å². The van der Waals surface area contributed by atoms with Gasteiger partial charge in [0.2, 0.25) is 5.82 Å². The van der Waals surface area contributed by atoms with Crippen LogP contribution in [0, 0.1) is 0 Å². The average molecular weight is 395 g/mol. The van der Waals surface area contributed by atoms with Gasteiger partial charge in [-0.3, -0.25) is 4.79 Å². The van der Waals surface area contributed by atoms with Crippen LogP contribution in [0.2, 0.25) is 0 Å². The molecule has 0 saturated heterocycles. The molecule has 0 spiro atoms. The van der Waals surface area contributed by atoms with Crippen molar-refractivity contribution < 1.29 is 23.9 Å². The number of amides is 1. The van der Waals surface area contributed by atoms with Gasteiger partial charge in [-0.05, 0) is 30.7 Å². The zero-order valence-corrected chi connectivity index (χ0v) is 16.1. The van der Waals surface area contributed by atoms with Crippen molar-refractivity contribution in [2.45, 2.75) is 25.7 Å². The Morgan fingerprint density at radius 1 is 1.34 bits per heavy atom. The summed E-state index contributed by atoms with van der Waals surface area (Å²) >= 11 is 0. The highest BCUT2D eigenvalue weighted by Gasteiger charge is 2.27. The van der Waals surface area contributed by atoms with Crippen LogP contribution in [-0.2, 0) is 11.3 Å². The summed E-state index contributed by atoms with van der Waals surface area (Å²) < 4.78 is 15.9. The van der Waals surface area contributed by atoms with E-state index in [1.807, 2.05) is 18.2 Å². The third-order valence-electron chi connectivity index (χ3n) is 4.73. The van der Waals surface area contributed by atoms with E-state index in [2.05, 4.69) is 15.5 Å². The number of carbonyl (C=O) groups excluding carboxylic acids is 1. The van der Waals surface area contributed by atoms with E-state index in [4.69, 9.17) is 14.0 Å². The van der Waals surface area contributed by atoms with Gasteiger partial charge in [0, 0.05) is 23.8 Å². The van der Waals surface area contributed by atoms with E-state index in [9.17, 15) is 9.90 Å². The van der Waals surface area contributed by atoms with E-state index < -0.39 is 6.10 Å². The van der Waals surface area contributed by atoms with Crippen LogP contribution in [0.5, 0.6) is 5.75 Å². The molecule has 2 heterocycles. The lowest BCUT2D eigenvalue weighted by Crippen LogP contribution is -2.29. The number of nitrogens with one attached hydrogen (secondary N) is 1. The van der Waals surface area contributed by atoms with E-state index in [0.29, 0.717) is 35.2 Å². The maximum absolute atomic E-state index is 12.6. The standard InChI is InChI=1S/C21H21N3O5/c1-12(25)13-4-3-5-15(8-13)21(26)22-17-10-28-18-9-14(6-7-16(17)18)20-23-19(11-27-2)29-24-20/h3-9,12,17,25H,10-11H2,1-2H3,(H,22,26)/t12-,17-/m1/s1. The first-order valence-corrected chi connectivity index (χ1v) is 9.22. The number of methoxy groups -OCH3 is 1. The summed E-state index contributed by atoms with van der Waals surface area (Å²) in [6, 6.07) is 12.3. The van der Waals surface area contributed by atoms with Gasteiger partial charge in [-0.2, -0.15) is 4.98 Å². The second-order valence-electron chi connectivity index (χ2n) is 6.84. The summed E-state index contributed by atoms with van der Waals surface area (Å²) in [7, 11) is 1.56. The van der Waals surface area contributed by atoms with Crippen molar-refractivity contribution in [3.63, 3.8) is 0 Å². The summed E-state index contributed by atoms with van der Waals surface area (Å²) in [4.78, 5) is 16.9. The monoisotopic (exact) mass is 395 g/mol. The normalized spacial score (nSPS) is 16.2. The number of fused-ring (bicyclic) bond motifs is 1. The lowest BCUT2D eigenvalue weighted by molar-refractivity contribution is 0.0930. The Kier molecular flexibility index (Phi) is 5.28. The number of nitrogens with zero attached hydrogens (tertiary/aromatic N) is 2. The van der Waals surface area contributed by atoms with E-state index in [-0.39, 0.29) is 18.6 Å². The molecule has 2 aromatic carbocycles. The Labute approximate surface area is 167 Å². The van der Waals surface area contributed by atoms with Crippen LogP contribution in [0.25, 0.3) is 11.4 Å². The molecule has 0 fully saturated rings. The molecular formula is C21H21N3O5. The fraction of sp³-hybridized carbons (Fsp3) is 0.286. The Morgan fingerprint density at radius 2 is 2.21 bits per heavy atom. The summed E-state index contributed by atoms with van der Waals surface area (Å²) in [6.45, 7) is 2.25. The molecule has 0 unspecified atom stereocenters. The second kappa shape index (κ2) is 8.02. The van der Waals surface area contributed by atoms with E-state index in [1.54, 1.807) is 38.3 Å². The van der Waals surface area contributed by atoms with Gasteiger partial charge in [0.15, 0.2) is 0 Å². The van der Waals surface area contributed by atoms with Crippen molar-refractivity contribution in [3.8, 4) is 17.1 Å². The van der Waals surface area contributed by atoms with Crippen LogP contribution in [0.4, 0.5) is 0 Å². The number of hydrogen-bond acceptors (Lipinski definition) is 7. The molecule has 1 aliphatic heterocycles. The molecule has 4 rings (SSSR count). The highest BCUT2D eigenvalue weighted by molar-refractivity contribution is 5.94. The SMILES string of the molecule is COCc1nc(-c2ccc3c(c2)OC[C@H]3NC(=O)c2cccc([C@@H](C)O)c2)no1. The number of aromatic nitrogens is 2. The molecule has 2 atom stereocenters. The highest BCUT2D eigenvalue weighted by Crippen LogP contribution is 2.35. The first-order chi connectivity index (χ1) is 14.0. The summed E-state index contributed by atoms with van der Waals surface area (Å²) in [5.74, 6) is 1.29. The Hall–Kier alpha value is -3.23. The van der Waals surface area contributed by atoms with Crippen molar-refractivity contribution >= 4 is 5.91 Å². The molecule has 3 aromatic rings. The number of benzene rings is 2. The molecule has 0 bridgehead atoms. The molecule has 0 saturated carbocycles. The van der Waals surface area contributed by atoms with Crippen LogP contribution in [0.15, 0.2) is 47.0 Å². The van der Waals surface area contributed by atoms with Crippen molar-refractivity contribution in [3.05, 3.63) is 65.0 Å². The zero-order valence-electron chi connectivity index (χ0n) is 16.1. The fourth-order valence-electron chi connectivity index (χ4n) is 3.20. The largest absolute Gasteiger partial charge is 0.491 e. The molecule has 29 heavy (non-hydrogen) atoms. The van der Waals surface area contributed by atoms with Crippen LogP contribution in [0.3, 0.4) is 0 Å². The zero-order chi connectivity index (χ0) is 20.4. The smallest absolute Gasteiger partial charge is 0.252 e. The number of aliphatic hydroxyl groups is 1. The fourth-order valence-corrected chi connectivity index (χ4v) is 3.20. The molecule has 1 aliphatic rings. The summed E-state index contributed by atoms with van der Waals surface area (Å²) in [5.41, 5.74) is 2.82. The van der Waals surface area contributed by atoms with Crippen LogP contribution < -0.4 is 10.1 Å². The minimum Gasteiger partial charge on any atom is -0.491 e. The third kappa shape index (κ3) is 3.98. The quantitative estimate of drug-likeness (QED) is 0.661. The molecule has 1 aromatic heterocycles. The molecule has 8 heteroatoms. The van der Waals surface area contributed by atoms with Crippen molar-refractivity contribution in [1.82, 2.24) is 15.5 Å². The molecular weight excluding hydrogens is 374 g/mol. The summed E-state index contributed by atoms with van der Waals surface area (Å²) in [6.07, 6.45) is -0.633. The van der Waals surface area contributed by atoms with Crippen LogP contribution in [-0.4, -0.2) is 34.9 Å². The van der Waals surface area contributed by atoms with Gasteiger partial charge in [0.05, 0.1) is 12.1 Å². The number of carbonyl (C=O) groups is 1. The Balaban J connectivity index is 1.50. The predicted octanol–water partition coefficient (Wildman–Crippen LogP) is 2.80. The molecule has 2 N–H and O–H groups in total. The average Bonchev–Trinajstić information content (AvgIpc) is 3.35. The van der Waals surface area contributed by atoms with Crippen LogP contribution >= 0.6 is 0 Å². The van der Waals surface area contributed by atoms with Gasteiger partial charge in [-0.1, -0.05) is 29.4 Å². The second-order valence-corrected chi connectivity index (χ2v) is 6.84. The molecule has 150 valence electrons. The van der Waals surface area contributed by atoms with Crippen LogP contribution in [0.1, 0.15) is 46.4 Å². The lowest BCUT2D eigenvalue weighted by Gasteiger charge is -2.13. The van der Waals surface area contributed by atoms with Crippen molar-refractivity contribution in [1.29, 1.82) is 0 Å². The van der Waals surface area contributed by atoms with E-state index in [0.717, 1.165) is 11.1 Å². The first kappa shape index (κ1) is 19.1. The van der Waals surface area contributed by atoms with Gasteiger partial charge in [0.1, 0.15) is 19.0 Å². The molecule has 1 amide bonds. The summed E-state index contributed by atoms with van der Waals surface area (Å²) in [5, 5.41) is 16.7. The van der Waals surface area contributed by atoms with Gasteiger partial charge in [-0.25, -0.2) is 0 Å². The topological polar surface area (TPSA) is 107 Å². The van der Waals surface area contributed by atoms with Crippen molar-refractivity contribution in [2.75, 3.05) is 13.7 Å². The maximum atomic E-state index is 12.6.